The van der Waals surface area contributed by atoms with Gasteiger partial charge in [-0.1, -0.05) is 0 Å². The summed E-state index contributed by atoms with van der Waals surface area (Å²) < 4.78 is 40.1. The number of rotatable bonds is 2. The molecule has 1 aliphatic heterocycles. The van der Waals surface area contributed by atoms with E-state index in [1.54, 1.807) is 0 Å². The smallest absolute Gasteiger partial charge is 0.416 e. The van der Waals surface area contributed by atoms with Gasteiger partial charge < -0.3 is 10.4 Å². The Bertz CT molecular complexity index is 817. The van der Waals surface area contributed by atoms with Crippen LogP contribution in [-0.4, -0.2) is 27.7 Å². The van der Waals surface area contributed by atoms with Gasteiger partial charge in [-0.25, -0.2) is 4.98 Å². The van der Waals surface area contributed by atoms with E-state index in [2.05, 4.69) is 10.3 Å². The molecule has 0 saturated carbocycles. The second-order valence-corrected chi connectivity index (χ2v) is 6.20. The Hall–Kier alpha value is -2.35. The zero-order chi connectivity index (χ0) is 18.2. The first-order valence-electron chi connectivity index (χ1n) is 7.97. The zero-order valence-corrected chi connectivity index (χ0v) is 13.6. The van der Waals surface area contributed by atoms with E-state index in [0.717, 1.165) is 25.5 Å². The molecule has 1 aromatic carbocycles. The van der Waals surface area contributed by atoms with Gasteiger partial charge in [0.15, 0.2) is 0 Å². The number of alkyl halides is 3. The van der Waals surface area contributed by atoms with Crippen molar-refractivity contribution in [3.05, 3.63) is 46.1 Å². The molecule has 1 atom stereocenters. The number of aryl methyl sites for hydroxylation is 1. The number of aromatic nitrogens is 2. The van der Waals surface area contributed by atoms with Crippen LogP contribution in [-0.2, 0) is 6.18 Å². The molecule has 1 fully saturated rings. The molecule has 5 nitrogen and oxygen atoms in total. The van der Waals surface area contributed by atoms with Crippen molar-refractivity contribution < 1.29 is 18.3 Å². The minimum Gasteiger partial charge on any atom is -0.507 e. The lowest BCUT2D eigenvalue weighted by atomic mass is 9.98. The molecule has 1 aliphatic rings. The molecule has 2 heterocycles. The fourth-order valence-corrected chi connectivity index (χ4v) is 3.21. The van der Waals surface area contributed by atoms with Gasteiger partial charge in [0.25, 0.3) is 5.56 Å². The highest BCUT2D eigenvalue weighted by molar-refractivity contribution is 5.73. The van der Waals surface area contributed by atoms with E-state index in [4.69, 9.17) is 0 Å². The van der Waals surface area contributed by atoms with E-state index in [1.807, 2.05) is 0 Å². The molecule has 0 amide bonds. The zero-order valence-electron chi connectivity index (χ0n) is 13.6. The topological polar surface area (TPSA) is 67.2 Å². The molecule has 2 aromatic rings. The van der Waals surface area contributed by atoms with Gasteiger partial charge >= 0.3 is 6.18 Å². The Balaban J connectivity index is 2.10. The molecule has 134 valence electrons. The van der Waals surface area contributed by atoms with Crippen molar-refractivity contribution >= 4 is 0 Å². The second kappa shape index (κ2) is 6.51. The fourth-order valence-electron chi connectivity index (χ4n) is 3.21. The number of hydrogen-bond acceptors (Lipinski definition) is 4. The highest BCUT2D eigenvalue weighted by Crippen LogP contribution is 2.38. The Morgan fingerprint density at radius 2 is 2.12 bits per heavy atom. The number of halogens is 3. The van der Waals surface area contributed by atoms with Gasteiger partial charge in [-0.2, -0.15) is 13.2 Å². The number of nitrogens with zero attached hydrogens (tertiary/aromatic N) is 2. The molecule has 0 spiro atoms. The van der Waals surface area contributed by atoms with E-state index in [-0.39, 0.29) is 28.3 Å². The average Bonchev–Trinajstić information content (AvgIpc) is 2.55. The van der Waals surface area contributed by atoms with Crippen LogP contribution in [0, 0.1) is 6.92 Å². The molecular weight excluding hydrogens is 335 g/mol. The maximum Gasteiger partial charge on any atom is 0.416 e. The summed E-state index contributed by atoms with van der Waals surface area (Å²) in [6.07, 6.45) is -0.115. The summed E-state index contributed by atoms with van der Waals surface area (Å²) in [7, 11) is 0. The molecule has 8 heteroatoms. The van der Waals surface area contributed by atoms with Gasteiger partial charge in [-0.15, -0.1) is 0 Å². The fraction of sp³-hybridized carbons (Fsp3) is 0.412. The third-order valence-electron chi connectivity index (χ3n) is 4.44. The number of phenolic OH excluding ortho intramolecular Hbond substituents is 1. The standard InChI is InChI=1S/C17H18F3N3O2/c1-10-5-11(17(18,19)20)6-14(24)15(10)13-8-22-9-23(16(13)25)12-3-2-4-21-7-12/h5-6,8-9,12,21,24H,2-4,7H2,1H3/t12-/m1/s1. The first-order valence-corrected chi connectivity index (χ1v) is 7.97. The summed E-state index contributed by atoms with van der Waals surface area (Å²) in [5.74, 6) is -0.578. The quantitative estimate of drug-likeness (QED) is 0.871. The summed E-state index contributed by atoms with van der Waals surface area (Å²) >= 11 is 0. The largest absolute Gasteiger partial charge is 0.507 e. The summed E-state index contributed by atoms with van der Waals surface area (Å²) in [6, 6.07) is 1.50. The van der Waals surface area contributed by atoms with Crippen LogP contribution in [0.3, 0.4) is 0 Å². The number of benzene rings is 1. The minimum absolute atomic E-state index is 0.0643. The molecule has 1 saturated heterocycles. The van der Waals surface area contributed by atoms with Crippen molar-refractivity contribution in [2.75, 3.05) is 13.1 Å². The van der Waals surface area contributed by atoms with Crippen molar-refractivity contribution in [1.29, 1.82) is 0 Å². The molecule has 0 unspecified atom stereocenters. The third-order valence-corrected chi connectivity index (χ3v) is 4.44. The summed E-state index contributed by atoms with van der Waals surface area (Å²) in [6.45, 7) is 2.95. The Labute approximate surface area is 142 Å². The summed E-state index contributed by atoms with van der Waals surface area (Å²) in [5, 5.41) is 13.3. The van der Waals surface area contributed by atoms with Crippen molar-refractivity contribution in [2.24, 2.45) is 0 Å². The maximum absolute atomic E-state index is 12.9. The number of aromatic hydroxyl groups is 1. The van der Waals surface area contributed by atoms with Crippen LogP contribution in [0.5, 0.6) is 5.75 Å². The Kier molecular flexibility index (Phi) is 4.55. The molecule has 0 bridgehead atoms. The normalized spacial score (nSPS) is 18.3. The number of nitrogens with one attached hydrogen (secondary N) is 1. The Morgan fingerprint density at radius 3 is 2.72 bits per heavy atom. The van der Waals surface area contributed by atoms with Crippen LogP contribution in [0.2, 0.25) is 0 Å². The van der Waals surface area contributed by atoms with Gasteiger partial charge in [0.2, 0.25) is 0 Å². The van der Waals surface area contributed by atoms with Gasteiger partial charge in [0, 0.05) is 18.3 Å². The lowest BCUT2D eigenvalue weighted by Crippen LogP contribution is -2.37. The van der Waals surface area contributed by atoms with E-state index >= 15 is 0 Å². The van der Waals surface area contributed by atoms with Gasteiger partial charge in [0.1, 0.15) is 5.75 Å². The molecule has 2 N–H and O–H groups in total. The van der Waals surface area contributed by atoms with Gasteiger partial charge in [-0.3, -0.25) is 9.36 Å². The SMILES string of the molecule is Cc1cc(C(F)(F)F)cc(O)c1-c1cncn([C@@H]2CCCNC2)c1=O. The second-order valence-electron chi connectivity index (χ2n) is 6.20. The third kappa shape index (κ3) is 3.39. The van der Waals surface area contributed by atoms with Crippen LogP contribution >= 0.6 is 0 Å². The van der Waals surface area contributed by atoms with Crippen LogP contribution in [0.4, 0.5) is 13.2 Å². The van der Waals surface area contributed by atoms with Gasteiger partial charge in [-0.05, 0) is 44.0 Å². The van der Waals surface area contributed by atoms with Gasteiger partial charge in [0.05, 0.1) is 23.5 Å². The Morgan fingerprint density at radius 1 is 1.36 bits per heavy atom. The first-order chi connectivity index (χ1) is 11.8. The summed E-state index contributed by atoms with van der Waals surface area (Å²) in [5.41, 5.74) is -0.972. The number of phenols is 1. The van der Waals surface area contributed by atoms with Crippen LogP contribution in [0.1, 0.15) is 30.0 Å². The summed E-state index contributed by atoms with van der Waals surface area (Å²) in [4.78, 5) is 16.9. The lowest BCUT2D eigenvalue weighted by molar-refractivity contribution is -0.137. The van der Waals surface area contributed by atoms with Crippen LogP contribution < -0.4 is 10.9 Å². The molecule has 25 heavy (non-hydrogen) atoms. The van der Waals surface area contributed by atoms with Crippen molar-refractivity contribution in [1.82, 2.24) is 14.9 Å². The average molecular weight is 353 g/mol. The number of hydrogen-bond donors (Lipinski definition) is 2. The predicted molar refractivity (Wildman–Crippen MR) is 86.5 cm³/mol. The minimum atomic E-state index is -4.57. The van der Waals surface area contributed by atoms with Crippen molar-refractivity contribution in [3.63, 3.8) is 0 Å². The van der Waals surface area contributed by atoms with E-state index < -0.39 is 17.5 Å². The molecule has 0 aliphatic carbocycles. The number of piperidine rings is 1. The van der Waals surface area contributed by atoms with E-state index in [0.29, 0.717) is 12.6 Å². The van der Waals surface area contributed by atoms with Crippen LogP contribution in [0.15, 0.2) is 29.5 Å². The first kappa shape index (κ1) is 17.5. The van der Waals surface area contributed by atoms with E-state index in [1.165, 1.54) is 24.0 Å². The molecule has 3 rings (SSSR count). The van der Waals surface area contributed by atoms with E-state index in [9.17, 15) is 23.1 Å². The molecular formula is C17H18F3N3O2. The highest BCUT2D eigenvalue weighted by atomic mass is 19.4. The molecule has 1 aromatic heterocycles. The highest BCUT2D eigenvalue weighted by Gasteiger charge is 2.32. The monoisotopic (exact) mass is 353 g/mol. The molecule has 0 radical (unpaired) electrons. The predicted octanol–water partition coefficient (Wildman–Crippen LogP) is 2.87. The van der Waals surface area contributed by atoms with Crippen molar-refractivity contribution in [2.45, 2.75) is 32.0 Å². The van der Waals surface area contributed by atoms with Crippen molar-refractivity contribution in [3.8, 4) is 16.9 Å². The maximum atomic E-state index is 12.9. The lowest BCUT2D eigenvalue weighted by Gasteiger charge is -2.25. The van der Waals surface area contributed by atoms with Crippen LogP contribution in [0.25, 0.3) is 11.1 Å².